The predicted octanol–water partition coefficient (Wildman–Crippen LogP) is 2.26. The van der Waals surface area contributed by atoms with E-state index in [1.807, 2.05) is 36.4 Å². The second kappa shape index (κ2) is 5.49. The fraction of sp³-hybridized carbons (Fsp3) is 0.167. The van der Waals surface area contributed by atoms with Crippen LogP contribution in [0.4, 0.5) is 11.4 Å². The predicted molar refractivity (Wildman–Crippen MR) is 92.0 cm³/mol. The fourth-order valence-corrected chi connectivity index (χ4v) is 3.04. The number of fused-ring (bicyclic) bond motifs is 2. The summed E-state index contributed by atoms with van der Waals surface area (Å²) in [4.78, 5) is 25.7. The number of amides is 2. The van der Waals surface area contributed by atoms with Gasteiger partial charge in [-0.2, -0.15) is 5.10 Å². The number of hydrogen-bond acceptors (Lipinski definition) is 3. The number of carbonyl (C=O) groups excluding carboxylic acids is 2. The fourth-order valence-electron chi connectivity index (χ4n) is 3.04. The molecule has 0 radical (unpaired) electrons. The first-order chi connectivity index (χ1) is 11.6. The molecule has 0 spiro atoms. The van der Waals surface area contributed by atoms with Gasteiger partial charge in [0, 0.05) is 23.8 Å². The molecule has 0 aliphatic carbocycles. The van der Waals surface area contributed by atoms with Crippen molar-refractivity contribution in [3.05, 3.63) is 53.7 Å². The molecule has 0 fully saturated rings. The van der Waals surface area contributed by atoms with Gasteiger partial charge in [0.25, 0.3) is 0 Å². The van der Waals surface area contributed by atoms with Gasteiger partial charge < -0.3 is 10.2 Å². The summed E-state index contributed by atoms with van der Waals surface area (Å²) >= 11 is 0. The maximum Gasteiger partial charge on any atom is 0.231 e. The molecule has 1 aliphatic rings. The summed E-state index contributed by atoms with van der Waals surface area (Å²) in [6.07, 6.45) is 2.41. The standard InChI is InChI=1S/C18H16N4O2/c1-22-16-5-2-11(6-13(16)8-18(22)24)7-17(23)20-14-4-3-12-10-19-21-15(12)9-14/h2-6,9-10H,7-8H2,1H3,(H,19,21)(H,20,23). The first-order valence-corrected chi connectivity index (χ1v) is 7.71. The molecule has 2 aromatic carbocycles. The Morgan fingerprint density at radius 2 is 2.17 bits per heavy atom. The maximum atomic E-state index is 12.3. The molecule has 6 heteroatoms. The third-order valence-corrected chi connectivity index (χ3v) is 4.31. The van der Waals surface area contributed by atoms with Crippen molar-refractivity contribution < 1.29 is 9.59 Å². The number of nitrogens with zero attached hydrogens (tertiary/aromatic N) is 2. The number of aromatic nitrogens is 2. The Morgan fingerprint density at radius 3 is 3.04 bits per heavy atom. The van der Waals surface area contributed by atoms with E-state index in [9.17, 15) is 9.59 Å². The molecule has 1 aromatic heterocycles. The molecule has 2 heterocycles. The van der Waals surface area contributed by atoms with Crippen molar-refractivity contribution in [3.63, 3.8) is 0 Å². The molecule has 3 aromatic rings. The lowest BCUT2D eigenvalue weighted by molar-refractivity contribution is -0.117. The van der Waals surface area contributed by atoms with Crippen molar-refractivity contribution in [2.24, 2.45) is 0 Å². The molecule has 6 nitrogen and oxygen atoms in total. The van der Waals surface area contributed by atoms with Gasteiger partial charge in [-0.1, -0.05) is 12.1 Å². The van der Waals surface area contributed by atoms with Crippen LogP contribution in [-0.4, -0.2) is 29.1 Å². The monoisotopic (exact) mass is 320 g/mol. The van der Waals surface area contributed by atoms with Gasteiger partial charge in [-0.05, 0) is 35.4 Å². The Morgan fingerprint density at radius 1 is 1.29 bits per heavy atom. The van der Waals surface area contributed by atoms with Crippen LogP contribution in [0, 0.1) is 0 Å². The topological polar surface area (TPSA) is 78.1 Å². The molecule has 0 saturated heterocycles. The van der Waals surface area contributed by atoms with Crippen molar-refractivity contribution in [1.29, 1.82) is 0 Å². The average molecular weight is 320 g/mol. The average Bonchev–Trinajstić information content (AvgIpc) is 3.12. The van der Waals surface area contributed by atoms with Crippen LogP contribution >= 0.6 is 0 Å². The Hall–Kier alpha value is -3.15. The SMILES string of the molecule is CN1C(=O)Cc2cc(CC(=O)Nc3ccc4cn[nH]c4c3)ccc21. The van der Waals surface area contributed by atoms with E-state index in [0.717, 1.165) is 33.4 Å². The van der Waals surface area contributed by atoms with E-state index < -0.39 is 0 Å². The summed E-state index contributed by atoms with van der Waals surface area (Å²) in [5.74, 6) is -0.00838. The van der Waals surface area contributed by atoms with Crippen molar-refractivity contribution in [3.8, 4) is 0 Å². The van der Waals surface area contributed by atoms with E-state index in [4.69, 9.17) is 0 Å². The van der Waals surface area contributed by atoms with Crippen LogP contribution in [0.5, 0.6) is 0 Å². The zero-order chi connectivity index (χ0) is 16.7. The first-order valence-electron chi connectivity index (χ1n) is 7.71. The number of likely N-dealkylation sites (N-methyl/N-ethyl adjacent to an activating group) is 1. The lowest BCUT2D eigenvalue weighted by Gasteiger charge is -2.10. The molecule has 0 saturated carbocycles. The maximum absolute atomic E-state index is 12.3. The highest BCUT2D eigenvalue weighted by molar-refractivity contribution is 6.01. The van der Waals surface area contributed by atoms with Crippen LogP contribution in [0.25, 0.3) is 10.9 Å². The number of benzene rings is 2. The minimum atomic E-state index is -0.0912. The van der Waals surface area contributed by atoms with Crippen LogP contribution in [0.1, 0.15) is 11.1 Å². The molecule has 0 atom stereocenters. The van der Waals surface area contributed by atoms with Crippen LogP contribution in [0.2, 0.25) is 0 Å². The minimum Gasteiger partial charge on any atom is -0.326 e. The summed E-state index contributed by atoms with van der Waals surface area (Å²) in [6.45, 7) is 0. The van der Waals surface area contributed by atoms with Crippen LogP contribution < -0.4 is 10.2 Å². The molecule has 2 N–H and O–H groups in total. The summed E-state index contributed by atoms with van der Waals surface area (Å²) in [6, 6.07) is 11.4. The zero-order valence-electron chi connectivity index (χ0n) is 13.2. The number of nitrogens with one attached hydrogen (secondary N) is 2. The van der Waals surface area contributed by atoms with Gasteiger partial charge in [0.05, 0.1) is 24.6 Å². The first kappa shape index (κ1) is 14.4. The van der Waals surface area contributed by atoms with Crippen molar-refractivity contribution in [2.45, 2.75) is 12.8 Å². The van der Waals surface area contributed by atoms with Crippen LogP contribution in [-0.2, 0) is 22.4 Å². The van der Waals surface area contributed by atoms with E-state index in [2.05, 4.69) is 15.5 Å². The van der Waals surface area contributed by atoms with Gasteiger partial charge in [-0.15, -0.1) is 0 Å². The Kier molecular flexibility index (Phi) is 3.30. The number of anilines is 2. The quantitative estimate of drug-likeness (QED) is 0.777. The van der Waals surface area contributed by atoms with Crippen molar-refractivity contribution in [2.75, 3.05) is 17.3 Å². The molecule has 4 rings (SSSR count). The van der Waals surface area contributed by atoms with Crippen LogP contribution in [0.3, 0.4) is 0 Å². The molecule has 0 unspecified atom stereocenters. The van der Waals surface area contributed by atoms with Crippen molar-refractivity contribution >= 4 is 34.1 Å². The van der Waals surface area contributed by atoms with Crippen molar-refractivity contribution in [1.82, 2.24) is 10.2 Å². The smallest absolute Gasteiger partial charge is 0.231 e. The highest BCUT2D eigenvalue weighted by Gasteiger charge is 2.24. The second-order valence-corrected chi connectivity index (χ2v) is 5.99. The lowest BCUT2D eigenvalue weighted by atomic mass is 10.1. The molecular formula is C18H16N4O2. The highest BCUT2D eigenvalue weighted by Crippen LogP contribution is 2.28. The highest BCUT2D eigenvalue weighted by atomic mass is 16.2. The number of H-pyrrole nitrogens is 1. The van der Waals surface area contributed by atoms with Gasteiger partial charge in [0.1, 0.15) is 0 Å². The lowest BCUT2D eigenvalue weighted by Crippen LogP contribution is -2.20. The number of aromatic amines is 1. The second-order valence-electron chi connectivity index (χ2n) is 5.99. The third kappa shape index (κ3) is 2.52. The van der Waals surface area contributed by atoms with E-state index in [1.165, 1.54) is 0 Å². The number of hydrogen-bond donors (Lipinski definition) is 2. The molecule has 120 valence electrons. The molecule has 24 heavy (non-hydrogen) atoms. The largest absolute Gasteiger partial charge is 0.326 e. The van der Waals surface area contributed by atoms with Gasteiger partial charge in [-0.25, -0.2) is 0 Å². The summed E-state index contributed by atoms with van der Waals surface area (Å²) in [5, 5.41) is 10.7. The molecule has 0 bridgehead atoms. The normalized spacial score (nSPS) is 13.4. The summed E-state index contributed by atoms with van der Waals surface area (Å²) < 4.78 is 0. The third-order valence-electron chi connectivity index (χ3n) is 4.31. The number of carbonyl (C=O) groups is 2. The van der Waals surface area contributed by atoms with Gasteiger partial charge >= 0.3 is 0 Å². The van der Waals surface area contributed by atoms with Crippen LogP contribution in [0.15, 0.2) is 42.6 Å². The van der Waals surface area contributed by atoms with E-state index in [-0.39, 0.29) is 18.2 Å². The summed E-state index contributed by atoms with van der Waals surface area (Å²) in [5.41, 5.74) is 4.41. The van der Waals surface area contributed by atoms with Gasteiger partial charge in [-0.3, -0.25) is 14.7 Å². The molecule has 1 aliphatic heterocycles. The van der Waals surface area contributed by atoms with Gasteiger partial charge in [0.15, 0.2) is 0 Å². The Balaban J connectivity index is 1.48. The van der Waals surface area contributed by atoms with Gasteiger partial charge in [0.2, 0.25) is 11.8 Å². The zero-order valence-corrected chi connectivity index (χ0v) is 13.2. The van der Waals surface area contributed by atoms with E-state index >= 15 is 0 Å². The molecule has 2 amide bonds. The van der Waals surface area contributed by atoms with E-state index in [0.29, 0.717) is 6.42 Å². The minimum absolute atomic E-state index is 0.0828. The van der Waals surface area contributed by atoms with E-state index in [1.54, 1.807) is 18.1 Å². The number of rotatable bonds is 3. The summed E-state index contributed by atoms with van der Waals surface area (Å²) in [7, 11) is 1.77. The Bertz CT molecular complexity index is 961. The Labute approximate surface area is 138 Å². The molecular weight excluding hydrogens is 304 g/mol.